The predicted octanol–water partition coefficient (Wildman–Crippen LogP) is 0.210. The fraction of sp³-hybridized carbons (Fsp3) is 0. The van der Waals surface area contributed by atoms with Crippen LogP contribution >= 0.6 is 0 Å². The molecule has 0 spiro atoms. The molecule has 11 heavy (non-hydrogen) atoms. The summed E-state index contributed by atoms with van der Waals surface area (Å²) < 4.78 is 1.40. The molecule has 0 saturated heterocycles. The standard InChI is InChI=1S/C7H7N3O/c8-6-4-5-2-1-3-7(11)10(5)9-6/h1-4,9H,8H2. The van der Waals surface area contributed by atoms with E-state index < -0.39 is 0 Å². The number of nitrogens with zero attached hydrogens (tertiary/aromatic N) is 1. The van der Waals surface area contributed by atoms with Gasteiger partial charge < -0.3 is 5.73 Å². The third-order valence-electron chi connectivity index (χ3n) is 1.53. The Morgan fingerprint density at radius 3 is 3.00 bits per heavy atom. The van der Waals surface area contributed by atoms with E-state index in [4.69, 9.17) is 5.73 Å². The van der Waals surface area contributed by atoms with Crippen molar-refractivity contribution in [3.8, 4) is 0 Å². The highest BCUT2D eigenvalue weighted by Crippen LogP contribution is 2.02. The second kappa shape index (κ2) is 1.88. The maximum atomic E-state index is 11.1. The molecule has 0 aromatic carbocycles. The highest BCUT2D eigenvalue weighted by Gasteiger charge is 1.95. The van der Waals surface area contributed by atoms with Crippen LogP contribution in [0.3, 0.4) is 0 Å². The van der Waals surface area contributed by atoms with Gasteiger partial charge in [0.25, 0.3) is 5.56 Å². The first-order valence-corrected chi connectivity index (χ1v) is 3.23. The van der Waals surface area contributed by atoms with Gasteiger partial charge >= 0.3 is 0 Å². The Kier molecular flexibility index (Phi) is 1.03. The number of rotatable bonds is 0. The summed E-state index contributed by atoms with van der Waals surface area (Å²) in [5, 5.41) is 2.71. The number of nitrogen functional groups attached to an aromatic ring is 1. The first kappa shape index (κ1) is 6.03. The molecular formula is C7H7N3O. The third kappa shape index (κ3) is 0.797. The lowest BCUT2D eigenvalue weighted by atomic mass is 10.4. The third-order valence-corrected chi connectivity index (χ3v) is 1.53. The lowest BCUT2D eigenvalue weighted by Gasteiger charge is -1.87. The molecule has 0 atom stereocenters. The van der Waals surface area contributed by atoms with Gasteiger partial charge in [-0.05, 0) is 6.07 Å². The first-order valence-electron chi connectivity index (χ1n) is 3.23. The van der Waals surface area contributed by atoms with Crippen molar-refractivity contribution in [3.05, 3.63) is 34.6 Å². The highest BCUT2D eigenvalue weighted by molar-refractivity contribution is 5.53. The summed E-state index contributed by atoms with van der Waals surface area (Å²) in [6.45, 7) is 0. The second-order valence-corrected chi connectivity index (χ2v) is 2.34. The molecule has 2 aromatic heterocycles. The highest BCUT2D eigenvalue weighted by atomic mass is 16.1. The first-order chi connectivity index (χ1) is 5.27. The smallest absolute Gasteiger partial charge is 0.269 e. The van der Waals surface area contributed by atoms with E-state index in [2.05, 4.69) is 5.10 Å². The van der Waals surface area contributed by atoms with Gasteiger partial charge in [0, 0.05) is 12.1 Å². The van der Waals surface area contributed by atoms with Crippen LogP contribution in [0.25, 0.3) is 5.52 Å². The monoisotopic (exact) mass is 149 g/mol. The fourth-order valence-corrected chi connectivity index (χ4v) is 1.06. The van der Waals surface area contributed by atoms with Crippen LogP contribution in [0.1, 0.15) is 0 Å². The summed E-state index contributed by atoms with van der Waals surface area (Å²) in [5.41, 5.74) is 6.13. The van der Waals surface area contributed by atoms with Gasteiger partial charge in [-0.1, -0.05) is 6.07 Å². The van der Waals surface area contributed by atoms with Crippen LogP contribution in [-0.2, 0) is 0 Å². The van der Waals surface area contributed by atoms with Crippen molar-refractivity contribution >= 4 is 11.3 Å². The summed E-state index contributed by atoms with van der Waals surface area (Å²) in [7, 11) is 0. The fourth-order valence-electron chi connectivity index (χ4n) is 1.06. The van der Waals surface area contributed by atoms with Gasteiger partial charge in [0.1, 0.15) is 5.82 Å². The molecule has 56 valence electrons. The molecule has 4 heteroatoms. The van der Waals surface area contributed by atoms with Crippen LogP contribution < -0.4 is 11.3 Å². The minimum atomic E-state index is -0.0980. The minimum absolute atomic E-state index is 0.0980. The van der Waals surface area contributed by atoms with Crippen molar-refractivity contribution < 1.29 is 0 Å². The summed E-state index contributed by atoms with van der Waals surface area (Å²) in [4.78, 5) is 11.1. The molecule has 0 aliphatic carbocycles. The van der Waals surface area contributed by atoms with Gasteiger partial charge in [-0.25, -0.2) is 4.52 Å². The van der Waals surface area contributed by atoms with Gasteiger partial charge in [0.2, 0.25) is 0 Å². The normalized spacial score (nSPS) is 10.5. The molecule has 0 unspecified atom stereocenters. The Labute approximate surface area is 62.2 Å². The average Bonchev–Trinajstić information content (AvgIpc) is 2.31. The lowest BCUT2D eigenvalue weighted by molar-refractivity contribution is 0.926. The number of nitrogens with one attached hydrogen (secondary N) is 1. The molecule has 2 heterocycles. The van der Waals surface area contributed by atoms with Crippen LogP contribution in [0.5, 0.6) is 0 Å². The van der Waals surface area contributed by atoms with Gasteiger partial charge in [0.15, 0.2) is 0 Å². The van der Waals surface area contributed by atoms with E-state index >= 15 is 0 Å². The Balaban J connectivity index is 3.02. The van der Waals surface area contributed by atoms with Crippen molar-refractivity contribution in [2.75, 3.05) is 5.73 Å². The van der Waals surface area contributed by atoms with Gasteiger partial charge in [-0.3, -0.25) is 9.89 Å². The predicted molar refractivity (Wildman–Crippen MR) is 42.4 cm³/mol. The van der Waals surface area contributed by atoms with E-state index in [1.165, 1.54) is 10.6 Å². The van der Waals surface area contributed by atoms with Gasteiger partial charge in [0.05, 0.1) is 5.52 Å². The summed E-state index contributed by atoms with van der Waals surface area (Å²) in [5.74, 6) is 0.494. The lowest BCUT2D eigenvalue weighted by Crippen LogP contribution is -2.11. The van der Waals surface area contributed by atoms with Crippen LogP contribution in [0.15, 0.2) is 29.1 Å². The molecule has 2 aromatic rings. The molecular weight excluding hydrogens is 142 g/mol. The molecule has 0 bridgehead atoms. The zero-order valence-electron chi connectivity index (χ0n) is 5.74. The summed E-state index contributed by atoms with van der Waals surface area (Å²) >= 11 is 0. The molecule has 0 aliphatic heterocycles. The molecule has 4 nitrogen and oxygen atoms in total. The van der Waals surface area contributed by atoms with Crippen molar-refractivity contribution in [2.24, 2.45) is 0 Å². The Hall–Kier alpha value is -1.71. The molecule has 3 N–H and O–H groups in total. The van der Waals surface area contributed by atoms with E-state index in [1.807, 2.05) is 6.07 Å². The van der Waals surface area contributed by atoms with E-state index in [-0.39, 0.29) is 5.56 Å². The summed E-state index contributed by atoms with van der Waals surface area (Å²) in [6.07, 6.45) is 0. The maximum Gasteiger partial charge on any atom is 0.269 e. The Bertz CT molecular complexity index is 440. The van der Waals surface area contributed by atoms with Gasteiger partial charge in [-0.2, -0.15) is 0 Å². The van der Waals surface area contributed by atoms with Crippen molar-refractivity contribution in [1.29, 1.82) is 0 Å². The molecule has 2 rings (SSSR count). The SMILES string of the molecule is Nc1cc2cccc(=O)n2[nH]1. The molecule has 0 saturated carbocycles. The number of pyridine rings is 1. The quantitative estimate of drug-likeness (QED) is 0.562. The number of aromatic amines is 1. The molecule has 0 radical (unpaired) electrons. The number of hydrogen-bond acceptors (Lipinski definition) is 2. The zero-order valence-corrected chi connectivity index (χ0v) is 5.74. The number of hydrogen-bond donors (Lipinski definition) is 2. The van der Waals surface area contributed by atoms with E-state index in [9.17, 15) is 4.79 Å². The van der Waals surface area contributed by atoms with Crippen LogP contribution in [0.2, 0.25) is 0 Å². The topological polar surface area (TPSA) is 63.3 Å². The number of nitrogens with two attached hydrogens (primary N) is 1. The summed E-state index contributed by atoms with van der Waals surface area (Å²) in [6, 6.07) is 6.70. The molecule has 0 fully saturated rings. The Morgan fingerprint density at radius 1 is 1.45 bits per heavy atom. The van der Waals surface area contributed by atoms with Crippen LogP contribution in [0.4, 0.5) is 5.82 Å². The van der Waals surface area contributed by atoms with Crippen molar-refractivity contribution in [1.82, 2.24) is 9.61 Å². The van der Waals surface area contributed by atoms with Crippen LogP contribution in [-0.4, -0.2) is 9.61 Å². The molecule has 0 amide bonds. The van der Waals surface area contributed by atoms with Crippen LogP contribution in [0, 0.1) is 0 Å². The zero-order chi connectivity index (χ0) is 7.84. The molecule has 0 aliphatic rings. The van der Waals surface area contributed by atoms with E-state index in [0.717, 1.165) is 5.52 Å². The second-order valence-electron chi connectivity index (χ2n) is 2.34. The maximum absolute atomic E-state index is 11.1. The van der Waals surface area contributed by atoms with Gasteiger partial charge in [-0.15, -0.1) is 0 Å². The number of anilines is 1. The van der Waals surface area contributed by atoms with Crippen molar-refractivity contribution in [2.45, 2.75) is 0 Å². The van der Waals surface area contributed by atoms with Crippen molar-refractivity contribution in [3.63, 3.8) is 0 Å². The number of aromatic nitrogens is 2. The number of fused-ring (bicyclic) bond motifs is 1. The minimum Gasteiger partial charge on any atom is -0.384 e. The van der Waals surface area contributed by atoms with E-state index in [1.54, 1.807) is 12.1 Å². The average molecular weight is 149 g/mol. The largest absolute Gasteiger partial charge is 0.384 e. The van der Waals surface area contributed by atoms with E-state index in [0.29, 0.717) is 5.82 Å². The number of H-pyrrole nitrogens is 1. The Morgan fingerprint density at radius 2 is 2.27 bits per heavy atom.